The number of para-hydroxylation sites is 1. The highest BCUT2D eigenvalue weighted by Gasteiger charge is 2.31. The summed E-state index contributed by atoms with van der Waals surface area (Å²) in [6.07, 6.45) is 0.262. The Morgan fingerprint density at radius 2 is 1.81 bits per heavy atom. The number of benzene rings is 1. The summed E-state index contributed by atoms with van der Waals surface area (Å²) in [6.45, 7) is 1.23. The summed E-state index contributed by atoms with van der Waals surface area (Å²) in [5, 5.41) is 24.5. The molecule has 0 fully saturated rings. The summed E-state index contributed by atoms with van der Waals surface area (Å²) < 4.78 is 0. The number of carbonyl (C=O) groups is 4. The molecule has 4 atom stereocenters. The lowest BCUT2D eigenvalue weighted by atomic mass is 10.0. The molecule has 3 amide bonds. The van der Waals surface area contributed by atoms with Crippen LogP contribution in [0.5, 0.6) is 0 Å². The summed E-state index contributed by atoms with van der Waals surface area (Å²) in [7, 11) is 0. The molecule has 2 aromatic rings. The minimum atomic E-state index is -1.56. The number of carboxylic acid groups (broad SMARTS) is 1. The Bertz CT molecular complexity index is 956. The molecule has 4 unspecified atom stereocenters. The zero-order valence-electron chi connectivity index (χ0n) is 17.0. The number of aliphatic carboxylic acids is 1. The summed E-state index contributed by atoms with van der Waals surface area (Å²) >= 11 is 0. The van der Waals surface area contributed by atoms with Gasteiger partial charge in [0.1, 0.15) is 6.04 Å². The molecule has 1 aromatic carbocycles. The molecule has 1 heterocycles. The summed E-state index contributed by atoms with van der Waals surface area (Å²) in [4.78, 5) is 50.6. The number of nitrogens with one attached hydrogen (secondary N) is 3. The second-order valence-corrected chi connectivity index (χ2v) is 7.30. The molecule has 0 aliphatic rings. The van der Waals surface area contributed by atoms with E-state index in [1.165, 1.54) is 6.92 Å². The lowest BCUT2D eigenvalue weighted by molar-refractivity contribution is -0.145. The zero-order valence-corrected chi connectivity index (χ0v) is 17.0. The molecule has 9 N–H and O–H groups in total. The zero-order chi connectivity index (χ0) is 23.1. The van der Waals surface area contributed by atoms with Crippen LogP contribution in [0.2, 0.25) is 0 Å². The van der Waals surface area contributed by atoms with E-state index in [0.29, 0.717) is 5.56 Å². The molecule has 0 spiro atoms. The van der Waals surface area contributed by atoms with Crippen LogP contribution >= 0.6 is 0 Å². The predicted octanol–water partition coefficient (Wildman–Crippen LogP) is -1.26. The number of H-pyrrole nitrogens is 1. The van der Waals surface area contributed by atoms with Gasteiger partial charge in [-0.05, 0) is 25.0 Å². The number of carboxylic acids is 1. The highest BCUT2D eigenvalue weighted by molar-refractivity contribution is 5.93. The number of carbonyl (C=O) groups excluding carboxylic acids is 3. The Kier molecular flexibility index (Phi) is 8.11. The molecule has 168 valence electrons. The van der Waals surface area contributed by atoms with Gasteiger partial charge in [-0.2, -0.15) is 0 Å². The monoisotopic (exact) mass is 433 g/mol. The Hall–Kier alpha value is -3.44. The van der Waals surface area contributed by atoms with Crippen LogP contribution in [0.15, 0.2) is 30.5 Å². The summed E-state index contributed by atoms with van der Waals surface area (Å²) in [5.41, 5.74) is 12.4. The molecule has 2 rings (SSSR count). The Labute approximate surface area is 178 Å². The standard InChI is InChI=1S/C20H27N5O6/c1-10(26)17(20(30)31)25-19(29)15(24-18(28)13(21)6-7-16(22)27)8-11-9-23-14-5-3-2-4-12(11)14/h2-5,9-10,13,15,17,23,26H,6-8,21H2,1H3,(H2,22,27)(H,24,28)(H,25,29)(H,30,31). The maximum absolute atomic E-state index is 12.8. The van der Waals surface area contributed by atoms with Crippen molar-refractivity contribution in [2.24, 2.45) is 11.5 Å². The number of rotatable bonds is 11. The minimum Gasteiger partial charge on any atom is -0.480 e. The van der Waals surface area contributed by atoms with Crippen molar-refractivity contribution in [3.8, 4) is 0 Å². The number of aliphatic hydroxyl groups is 1. The Morgan fingerprint density at radius 1 is 1.13 bits per heavy atom. The largest absolute Gasteiger partial charge is 0.480 e. The molecular weight excluding hydrogens is 406 g/mol. The van der Waals surface area contributed by atoms with Gasteiger partial charge in [-0.15, -0.1) is 0 Å². The van der Waals surface area contributed by atoms with Crippen molar-refractivity contribution < 1.29 is 29.4 Å². The second kappa shape index (κ2) is 10.5. The first-order chi connectivity index (χ1) is 14.6. The van der Waals surface area contributed by atoms with E-state index in [0.717, 1.165) is 10.9 Å². The summed E-state index contributed by atoms with van der Waals surface area (Å²) in [5.74, 6) is -3.52. The number of aromatic nitrogens is 1. The van der Waals surface area contributed by atoms with Crippen molar-refractivity contribution in [1.29, 1.82) is 0 Å². The van der Waals surface area contributed by atoms with Gasteiger partial charge in [-0.25, -0.2) is 4.79 Å². The van der Waals surface area contributed by atoms with E-state index in [-0.39, 0.29) is 19.3 Å². The van der Waals surface area contributed by atoms with Gasteiger partial charge in [0.15, 0.2) is 6.04 Å². The van der Waals surface area contributed by atoms with Crippen LogP contribution in [-0.4, -0.2) is 63.1 Å². The third-order valence-corrected chi connectivity index (χ3v) is 4.82. The van der Waals surface area contributed by atoms with Crippen molar-refractivity contribution in [3.63, 3.8) is 0 Å². The number of aromatic amines is 1. The van der Waals surface area contributed by atoms with Gasteiger partial charge in [-0.1, -0.05) is 18.2 Å². The number of nitrogens with two attached hydrogens (primary N) is 2. The first-order valence-electron chi connectivity index (χ1n) is 9.70. The molecule has 0 aliphatic carbocycles. The lowest BCUT2D eigenvalue weighted by Crippen LogP contribution is -2.57. The van der Waals surface area contributed by atoms with E-state index in [1.807, 2.05) is 24.3 Å². The van der Waals surface area contributed by atoms with Crippen LogP contribution in [0.25, 0.3) is 10.9 Å². The molecule has 0 radical (unpaired) electrons. The van der Waals surface area contributed by atoms with Crippen molar-refractivity contribution >= 4 is 34.6 Å². The van der Waals surface area contributed by atoms with Gasteiger partial charge >= 0.3 is 5.97 Å². The Balaban J connectivity index is 2.23. The fourth-order valence-corrected chi connectivity index (χ4v) is 3.08. The van der Waals surface area contributed by atoms with Crippen molar-refractivity contribution in [2.45, 2.75) is 50.4 Å². The second-order valence-electron chi connectivity index (χ2n) is 7.30. The molecule has 11 heteroatoms. The molecule has 0 saturated heterocycles. The molecule has 31 heavy (non-hydrogen) atoms. The first kappa shape index (κ1) is 23.8. The number of hydrogen-bond donors (Lipinski definition) is 7. The maximum Gasteiger partial charge on any atom is 0.328 e. The molecule has 0 saturated carbocycles. The average Bonchev–Trinajstić information content (AvgIpc) is 3.11. The fraction of sp³-hybridized carbons (Fsp3) is 0.400. The van der Waals surface area contributed by atoms with Crippen LogP contribution in [-0.2, 0) is 25.6 Å². The molecule has 11 nitrogen and oxygen atoms in total. The van der Waals surface area contributed by atoms with E-state index in [9.17, 15) is 29.4 Å². The van der Waals surface area contributed by atoms with Gasteiger partial charge in [0.25, 0.3) is 0 Å². The van der Waals surface area contributed by atoms with Crippen molar-refractivity contribution in [3.05, 3.63) is 36.0 Å². The fourth-order valence-electron chi connectivity index (χ4n) is 3.08. The van der Waals surface area contributed by atoms with E-state index in [2.05, 4.69) is 15.6 Å². The topological polar surface area (TPSA) is 201 Å². The van der Waals surface area contributed by atoms with Crippen LogP contribution in [0.3, 0.4) is 0 Å². The van der Waals surface area contributed by atoms with Gasteiger partial charge < -0.3 is 37.3 Å². The van der Waals surface area contributed by atoms with E-state index < -0.39 is 47.9 Å². The quantitative estimate of drug-likeness (QED) is 0.229. The summed E-state index contributed by atoms with van der Waals surface area (Å²) in [6, 6.07) is 3.53. The normalized spacial score (nSPS) is 14.9. The molecule has 0 aliphatic heterocycles. The highest BCUT2D eigenvalue weighted by atomic mass is 16.4. The molecule has 0 bridgehead atoms. The van der Waals surface area contributed by atoms with Gasteiger partial charge in [0.2, 0.25) is 17.7 Å². The third-order valence-electron chi connectivity index (χ3n) is 4.82. The van der Waals surface area contributed by atoms with Crippen LogP contribution in [0.4, 0.5) is 0 Å². The van der Waals surface area contributed by atoms with E-state index in [1.54, 1.807) is 6.20 Å². The van der Waals surface area contributed by atoms with Gasteiger partial charge in [-0.3, -0.25) is 14.4 Å². The molecular formula is C20H27N5O6. The minimum absolute atomic E-state index is 0.00594. The maximum atomic E-state index is 12.8. The van der Waals surface area contributed by atoms with Crippen molar-refractivity contribution in [2.75, 3.05) is 0 Å². The number of primary amides is 1. The van der Waals surface area contributed by atoms with Gasteiger partial charge in [0.05, 0.1) is 12.1 Å². The number of amides is 3. The van der Waals surface area contributed by atoms with Crippen LogP contribution < -0.4 is 22.1 Å². The SMILES string of the molecule is CC(O)C(NC(=O)C(Cc1c[nH]c2ccccc12)NC(=O)C(N)CCC(N)=O)C(=O)O. The molecule has 1 aromatic heterocycles. The van der Waals surface area contributed by atoms with Gasteiger partial charge in [0, 0.05) is 29.9 Å². The average molecular weight is 433 g/mol. The predicted molar refractivity (Wildman–Crippen MR) is 112 cm³/mol. The highest BCUT2D eigenvalue weighted by Crippen LogP contribution is 2.19. The van der Waals surface area contributed by atoms with E-state index in [4.69, 9.17) is 11.5 Å². The first-order valence-corrected chi connectivity index (χ1v) is 9.70. The van der Waals surface area contributed by atoms with Crippen LogP contribution in [0.1, 0.15) is 25.3 Å². The number of aliphatic hydroxyl groups excluding tert-OH is 1. The number of fused-ring (bicyclic) bond motifs is 1. The van der Waals surface area contributed by atoms with Crippen LogP contribution in [0, 0.1) is 0 Å². The van der Waals surface area contributed by atoms with E-state index >= 15 is 0 Å². The Morgan fingerprint density at radius 3 is 2.42 bits per heavy atom. The van der Waals surface area contributed by atoms with Crippen molar-refractivity contribution in [1.82, 2.24) is 15.6 Å². The third kappa shape index (κ3) is 6.52. The smallest absolute Gasteiger partial charge is 0.328 e. The number of hydrogen-bond acceptors (Lipinski definition) is 6. The lowest BCUT2D eigenvalue weighted by Gasteiger charge is -2.24.